The van der Waals surface area contributed by atoms with Crippen LogP contribution < -0.4 is 4.74 Å². The van der Waals surface area contributed by atoms with E-state index in [-0.39, 0.29) is 5.78 Å². The Morgan fingerprint density at radius 1 is 1.33 bits per heavy atom. The maximum atomic E-state index is 12.2. The van der Waals surface area contributed by atoms with Crippen molar-refractivity contribution in [3.05, 3.63) is 51.2 Å². The molecule has 0 aliphatic carbocycles. The van der Waals surface area contributed by atoms with Gasteiger partial charge in [-0.2, -0.15) is 0 Å². The van der Waals surface area contributed by atoms with E-state index in [2.05, 4.69) is 0 Å². The van der Waals surface area contributed by atoms with Crippen LogP contribution in [0.25, 0.3) is 0 Å². The van der Waals surface area contributed by atoms with Gasteiger partial charge in [-0.05, 0) is 30.5 Å². The number of thiophene rings is 1. The van der Waals surface area contributed by atoms with E-state index >= 15 is 0 Å². The lowest BCUT2D eigenvalue weighted by atomic mass is 10.1. The minimum Gasteiger partial charge on any atom is -0.493 e. The van der Waals surface area contributed by atoms with Gasteiger partial charge in [-0.15, -0.1) is 11.3 Å². The predicted octanol–water partition coefficient (Wildman–Crippen LogP) is 4.23. The molecule has 0 radical (unpaired) electrons. The van der Waals surface area contributed by atoms with Crippen LogP contribution in [0.3, 0.4) is 0 Å². The fraction of sp³-hybridized carbons (Fsp3) is 0.214. The van der Waals surface area contributed by atoms with E-state index in [4.69, 9.17) is 16.3 Å². The zero-order valence-electron chi connectivity index (χ0n) is 9.98. The normalized spacial score (nSPS) is 10.3. The molecular weight excluding hydrogens is 268 g/mol. The van der Waals surface area contributed by atoms with E-state index in [1.807, 2.05) is 36.6 Å². The summed E-state index contributed by atoms with van der Waals surface area (Å²) in [5.41, 5.74) is 0.615. The van der Waals surface area contributed by atoms with Crippen molar-refractivity contribution in [1.29, 1.82) is 0 Å². The number of rotatable bonds is 5. The third kappa shape index (κ3) is 2.92. The molecule has 0 fully saturated rings. The molecule has 2 rings (SSSR count). The van der Waals surface area contributed by atoms with Crippen molar-refractivity contribution in [2.75, 3.05) is 6.61 Å². The number of para-hydroxylation sites is 1. The average Bonchev–Trinajstić information content (AvgIpc) is 2.76. The van der Waals surface area contributed by atoms with Crippen molar-refractivity contribution in [3.63, 3.8) is 0 Å². The largest absolute Gasteiger partial charge is 0.493 e. The van der Waals surface area contributed by atoms with Gasteiger partial charge in [0.15, 0.2) is 5.78 Å². The van der Waals surface area contributed by atoms with Crippen molar-refractivity contribution in [2.24, 2.45) is 0 Å². The first-order valence-corrected chi connectivity index (χ1v) is 6.95. The first-order chi connectivity index (χ1) is 8.72. The Morgan fingerprint density at radius 3 is 2.78 bits per heavy atom. The Bertz CT molecular complexity index is 548. The molecule has 2 nitrogen and oxygen atoms in total. The van der Waals surface area contributed by atoms with E-state index in [1.54, 1.807) is 6.07 Å². The minimum absolute atomic E-state index is 0.0309. The maximum absolute atomic E-state index is 12.2. The van der Waals surface area contributed by atoms with E-state index in [0.717, 1.165) is 4.88 Å². The smallest absolute Gasteiger partial charge is 0.171 e. The van der Waals surface area contributed by atoms with Crippen LogP contribution in [-0.4, -0.2) is 12.4 Å². The van der Waals surface area contributed by atoms with Crippen LogP contribution in [0.1, 0.15) is 22.2 Å². The summed E-state index contributed by atoms with van der Waals surface area (Å²) < 4.78 is 5.46. The van der Waals surface area contributed by atoms with Gasteiger partial charge in [-0.1, -0.05) is 23.7 Å². The van der Waals surface area contributed by atoms with Gasteiger partial charge in [-0.3, -0.25) is 4.79 Å². The molecule has 0 aliphatic heterocycles. The van der Waals surface area contributed by atoms with Crippen LogP contribution in [0.15, 0.2) is 35.7 Å². The zero-order chi connectivity index (χ0) is 13.0. The molecule has 4 heteroatoms. The Morgan fingerprint density at radius 2 is 2.11 bits per heavy atom. The SMILES string of the molecule is CCOc1ccccc1C(=O)Cc1sccc1Cl. The predicted molar refractivity (Wildman–Crippen MR) is 75.0 cm³/mol. The summed E-state index contributed by atoms with van der Waals surface area (Å²) in [6.45, 7) is 2.45. The number of hydrogen-bond acceptors (Lipinski definition) is 3. The number of benzene rings is 1. The lowest BCUT2D eigenvalue weighted by Crippen LogP contribution is -2.06. The molecule has 1 aromatic heterocycles. The summed E-state index contributed by atoms with van der Waals surface area (Å²) in [6.07, 6.45) is 0.320. The third-order valence-corrected chi connectivity index (χ3v) is 3.89. The minimum atomic E-state index is 0.0309. The summed E-state index contributed by atoms with van der Waals surface area (Å²) in [4.78, 5) is 13.1. The Balaban J connectivity index is 2.21. The van der Waals surface area contributed by atoms with Gasteiger partial charge in [0.1, 0.15) is 5.75 Å². The molecule has 18 heavy (non-hydrogen) atoms. The molecule has 0 amide bonds. The van der Waals surface area contributed by atoms with Crippen molar-refractivity contribution >= 4 is 28.7 Å². The van der Waals surface area contributed by atoms with Crippen LogP contribution in [0.5, 0.6) is 5.75 Å². The number of ether oxygens (including phenoxy) is 1. The average molecular weight is 281 g/mol. The highest BCUT2D eigenvalue weighted by Crippen LogP contribution is 2.26. The molecule has 2 aromatic rings. The molecule has 0 saturated carbocycles. The first kappa shape index (κ1) is 13.1. The van der Waals surface area contributed by atoms with Crippen LogP contribution >= 0.6 is 22.9 Å². The van der Waals surface area contributed by atoms with E-state index in [9.17, 15) is 4.79 Å². The topological polar surface area (TPSA) is 26.3 Å². The standard InChI is InChI=1S/C14H13ClO2S/c1-2-17-13-6-4-3-5-10(13)12(16)9-14-11(15)7-8-18-14/h3-8H,2,9H2,1H3. The highest BCUT2D eigenvalue weighted by Gasteiger charge is 2.14. The molecular formula is C14H13ClO2S. The summed E-state index contributed by atoms with van der Waals surface area (Å²) in [5, 5.41) is 2.54. The number of ketones is 1. The zero-order valence-corrected chi connectivity index (χ0v) is 11.6. The quantitative estimate of drug-likeness (QED) is 0.766. The Labute approximate surface area is 115 Å². The molecule has 0 unspecified atom stereocenters. The second-order valence-electron chi connectivity index (χ2n) is 3.72. The highest BCUT2D eigenvalue weighted by atomic mass is 35.5. The number of carbonyl (C=O) groups is 1. The van der Waals surface area contributed by atoms with Gasteiger partial charge in [0.2, 0.25) is 0 Å². The lowest BCUT2D eigenvalue weighted by Gasteiger charge is -2.08. The van der Waals surface area contributed by atoms with Crippen molar-refractivity contribution in [2.45, 2.75) is 13.3 Å². The van der Waals surface area contributed by atoms with E-state index in [1.165, 1.54) is 11.3 Å². The molecule has 0 N–H and O–H groups in total. The van der Waals surface area contributed by atoms with Crippen LogP contribution in [-0.2, 0) is 6.42 Å². The van der Waals surface area contributed by atoms with Gasteiger partial charge in [0.25, 0.3) is 0 Å². The molecule has 0 atom stereocenters. The van der Waals surface area contributed by atoms with Gasteiger partial charge in [0, 0.05) is 11.3 Å². The molecule has 0 bridgehead atoms. The van der Waals surface area contributed by atoms with Crippen LogP contribution in [0, 0.1) is 0 Å². The maximum Gasteiger partial charge on any atom is 0.171 e. The summed E-state index contributed by atoms with van der Waals surface area (Å²) in [6, 6.07) is 9.11. The number of hydrogen-bond donors (Lipinski definition) is 0. The molecule has 0 aliphatic rings. The van der Waals surface area contributed by atoms with Gasteiger partial charge < -0.3 is 4.74 Å². The first-order valence-electron chi connectivity index (χ1n) is 5.69. The monoisotopic (exact) mass is 280 g/mol. The second-order valence-corrected chi connectivity index (χ2v) is 5.13. The number of Topliss-reactive ketones (excluding diaryl/α,β-unsaturated/α-hetero) is 1. The fourth-order valence-electron chi connectivity index (χ4n) is 1.67. The summed E-state index contributed by atoms with van der Waals surface area (Å²) in [7, 11) is 0. The van der Waals surface area contributed by atoms with E-state index < -0.39 is 0 Å². The van der Waals surface area contributed by atoms with Gasteiger partial charge in [0.05, 0.1) is 17.2 Å². The van der Waals surface area contributed by atoms with Crippen molar-refractivity contribution in [1.82, 2.24) is 0 Å². The highest BCUT2D eigenvalue weighted by molar-refractivity contribution is 7.10. The lowest BCUT2D eigenvalue weighted by molar-refractivity contribution is 0.0990. The number of carbonyl (C=O) groups excluding carboxylic acids is 1. The van der Waals surface area contributed by atoms with Crippen LogP contribution in [0.4, 0.5) is 0 Å². The van der Waals surface area contributed by atoms with E-state index in [0.29, 0.717) is 29.4 Å². The molecule has 94 valence electrons. The summed E-state index contributed by atoms with van der Waals surface area (Å²) >= 11 is 7.50. The van der Waals surface area contributed by atoms with Crippen LogP contribution in [0.2, 0.25) is 5.02 Å². The molecule has 0 spiro atoms. The Kier molecular flexibility index (Phi) is 4.39. The van der Waals surface area contributed by atoms with Gasteiger partial charge >= 0.3 is 0 Å². The van der Waals surface area contributed by atoms with Crippen molar-refractivity contribution in [3.8, 4) is 5.75 Å². The number of halogens is 1. The summed E-state index contributed by atoms with van der Waals surface area (Å²) in [5.74, 6) is 0.668. The Hall–Kier alpha value is -1.32. The third-order valence-electron chi connectivity index (χ3n) is 2.50. The van der Waals surface area contributed by atoms with Gasteiger partial charge in [-0.25, -0.2) is 0 Å². The molecule has 1 aromatic carbocycles. The van der Waals surface area contributed by atoms with Crippen molar-refractivity contribution < 1.29 is 9.53 Å². The second kappa shape index (κ2) is 6.03. The molecule has 0 saturated heterocycles. The molecule has 1 heterocycles. The fourth-order valence-corrected chi connectivity index (χ4v) is 2.77.